The zero-order chi connectivity index (χ0) is 23.1. The van der Waals surface area contributed by atoms with Crippen molar-refractivity contribution in [1.82, 2.24) is 14.9 Å². The van der Waals surface area contributed by atoms with Crippen LogP contribution in [0.25, 0.3) is 0 Å². The third-order valence-corrected chi connectivity index (χ3v) is 4.95. The van der Waals surface area contributed by atoms with Crippen molar-refractivity contribution in [2.24, 2.45) is 5.10 Å². The van der Waals surface area contributed by atoms with Crippen LogP contribution in [0.1, 0.15) is 5.56 Å². The summed E-state index contributed by atoms with van der Waals surface area (Å²) < 4.78 is 38.7. The molecule has 0 radical (unpaired) electrons. The van der Waals surface area contributed by atoms with E-state index in [0.29, 0.717) is 11.5 Å². The Hall–Kier alpha value is -3.87. The highest BCUT2D eigenvalue weighted by Crippen LogP contribution is 2.27. The summed E-state index contributed by atoms with van der Waals surface area (Å²) in [6, 6.07) is 8.53. The Bertz CT molecular complexity index is 1120. The van der Waals surface area contributed by atoms with Crippen LogP contribution in [0.15, 0.2) is 46.7 Å². The first-order valence-electron chi connectivity index (χ1n) is 9.01. The second kappa shape index (κ2) is 10.4. The molecule has 0 aliphatic heterocycles. The van der Waals surface area contributed by atoms with Crippen molar-refractivity contribution >= 4 is 35.5 Å². The Balaban J connectivity index is 1.57. The van der Waals surface area contributed by atoms with Gasteiger partial charge in [-0.15, -0.1) is 10.2 Å². The first-order chi connectivity index (χ1) is 15.4. The number of benzene rings is 2. The molecule has 0 aliphatic rings. The number of ether oxygens (including phenoxy) is 2. The molecule has 0 fully saturated rings. The number of carbonyl (C=O) groups excluding carboxylic acids is 1. The Morgan fingerprint density at radius 2 is 1.91 bits per heavy atom. The number of hydrogen-bond acceptors (Lipinski definition) is 9. The van der Waals surface area contributed by atoms with Gasteiger partial charge >= 0.3 is 0 Å². The van der Waals surface area contributed by atoms with Crippen molar-refractivity contribution in [2.45, 2.75) is 5.16 Å². The van der Waals surface area contributed by atoms with Crippen molar-refractivity contribution in [3.05, 3.63) is 53.6 Å². The van der Waals surface area contributed by atoms with E-state index in [2.05, 4.69) is 26.0 Å². The van der Waals surface area contributed by atoms with Crippen LogP contribution in [-0.2, 0) is 4.79 Å². The SMILES string of the molecule is COc1ccc(/C=N/Nc2nnc(SCC(=O)Nc3c(F)cccc3F)n2N)cc1OC. The van der Waals surface area contributed by atoms with Crippen molar-refractivity contribution < 1.29 is 23.0 Å². The lowest BCUT2D eigenvalue weighted by Crippen LogP contribution is -2.18. The fraction of sp³-hybridized carbons (Fsp3) is 0.158. The molecule has 1 heterocycles. The maximum atomic E-state index is 13.6. The van der Waals surface area contributed by atoms with Crippen molar-refractivity contribution in [1.29, 1.82) is 0 Å². The van der Waals surface area contributed by atoms with E-state index in [1.807, 2.05) is 0 Å². The quantitative estimate of drug-likeness (QED) is 0.191. The van der Waals surface area contributed by atoms with E-state index >= 15 is 0 Å². The summed E-state index contributed by atoms with van der Waals surface area (Å²) >= 11 is 0.931. The predicted octanol–water partition coefficient (Wildman–Crippen LogP) is 2.46. The number of nitrogens with zero attached hydrogens (tertiary/aromatic N) is 4. The van der Waals surface area contributed by atoms with Crippen LogP contribution in [-0.4, -0.2) is 47.0 Å². The average molecular weight is 463 g/mol. The molecule has 2 aromatic carbocycles. The third kappa shape index (κ3) is 5.43. The van der Waals surface area contributed by atoms with Crippen LogP contribution in [0.5, 0.6) is 11.5 Å². The number of amides is 1. The summed E-state index contributed by atoms with van der Waals surface area (Å²) in [5.41, 5.74) is 2.85. The van der Waals surface area contributed by atoms with E-state index in [-0.39, 0.29) is 16.9 Å². The van der Waals surface area contributed by atoms with Crippen LogP contribution < -0.4 is 26.1 Å². The summed E-state index contributed by atoms with van der Waals surface area (Å²) in [4.78, 5) is 12.0. The van der Waals surface area contributed by atoms with E-state index in [4.69, 9.17) is 15.3 Å². The van der Waals surface area contributed by atoms with Crippen molar-refractivity contribution in [3.8, 4) is 11.5 Å². The number of hydrogen-bond donors (Lipinski definition) is 3. The number of rotatable bonds is 9. The van der Waals surface area contributed by atoms with Gasteiger partial charge in [0, 0.05) is 0 Å². The van der Waals surface area contributed by atoms with Crippen LogP contribution in [0.2, 0.25) is 0 Å². The molecule has 10 nitrogen and oxygen atoms in total. The van der Waals surface area contributed by atoms with Gasteiger partial charge in [-0.05, 0) is 35.9 Å². The van der Waals surface area contributed by atoms with Gasteiger partial charge in [-0.2, -0.15) is 5.10 Å². The number of nitrogens with one attached hydrogen (secondary N) is 2. The lowest BCUT2D eigenvalue weighted by atomic mass is 10.2. The number of methoxy groups -OCH3 is 2. The molecular weight excluding hydrogens is 444 g/mol. The summed E-state index contributed by atoms with van der Waals surface area (Å²) in [6.07, 6.45) is 1.51. The third-order valence-electron chi connectivity index (χ3n) is 4.01. The van der Waals surface area contributed by atoms with E-state index in [1.165, 1.54) is 19.4 Å². The first-order valence-corrected chi connectivity index (χ1v) is 9.99. The smallest absolute Gasteiger partial charge is 0.264 e. The molecule has 0 bridgehead atoms. The van der Waals surface area contributed by atoms with Crippen LogP contribution >= 0.6 is 11.8 Å². The molecule has 0 aliphatic carbocycles. The molecule has 0 unspecified atom stereocenters. The number of anilines is 2. The number of nitrogen functional groups attached to an aromatic ring is 1. The molecule has 168 valence electrons. The molecule has 4 N–H and O–H groups in total. The van der Waals surface area contributed by atoms with E-state index in [1.54, 1.807) is 25.3 Å². The Labute approximate surface area is 185 Å². The number of aromatic nitrogens is 3. The van der Waals surface area contributed by atoms with Crippen LogP contribution in [0.3, 0.4) is 0 Å². The normalized spacial score (nSPS) is 10.9. The molecule has 0 saturated carbocycles. The fourth-order valence-corrected chi connectivity index (χ4v) is 3.13. The first kappa shape index (κ1) is 22.8. The minimum absolute atomic E-state index is 0.116. The molecule has 0 spiro atoms. The van der Waals surface area contributed by atoms with Gasteiger partial charge in [-0.3, -0.25) is 4.79 Å². The second-order valence-corrected chi connectivity index (χ2v) is 7.04. The summed E-state index contributed by atoms with van der Waals surface area (Å²) in [5.74, 6) is 4.57. The molecular formula is C19H19F2N7O3S. The second-order valence-electron chi connectivity index (χ2n) is 6.09. The van der Waals surface area contributed by atoms with Gasteiger partial charge in [-0.25, -0.2) is 18.9 Å². The number of hydrazone groups is 1. The lowest BCUT2D eigenvalue weighted by molar-refractivity contribution is -0.113. The highest BCUT2D eigenvalue weighted by molar-refractivity contribution is 7.99. The van der Waals surface area contributed by atoms with Gasteiger partial charge in [0.25, 0.3) is 5.95 Å². The monoisotopic (exact) mass is 463 g/mol. The largest absolute Gasteiger partial charge is 0.493 e. The summed E-state index contributed by atoms with van der Waals surface area (Å²) in [6.45, 7) is 0. The number of carbonyl (C=O) groups is 1. The standard InChI is InChI=1S/C19H19F2N7O3S/c1-30-14-7-6-11(8-15(14)31-2)9-23-25-18-26-27-19(28(18)22)32-10-16(29)24-17-12(20)4-3-5-13(17)21/h3-9H,10,22H2,1-2H3,(H,24,29)(H,25,26)/b23-9+. The Morgan fingerprint density at radius 3 is 2.59 bits per heavy atom. The van der Waals surface area contributed by atoms with Gasteiger partial charge in [0.2, 0.25) is 11.1 Å². The summed E-state index contributed by atoms with van der Waals surface area (Å²) in [7, 11) is 3.07. The molecule has 0 saturated heterocycles. The van der Waals surface area contributed by atoms with Gasteiger partial charge < -0.3 is 20.6 Å². The zero-order valence-electron chi connectivity index (χ0n) is 17.0. The summed E-state index contributed by atoms with van der Waals surface area (Å²) in [5, 5.41) is 14.1. The number of para-hydroxylation sites is 1. The van der Waals surface area contributed by atoms with Gasteiger partial charge in [0.1, 0.15) is 17.3 Å². The maximum absolute atomic E-state index is 13.6. The predicted molar refractivity (Wildman–Crippen MR) is 117 cm³/mol. The fourth-order valence-electron chi connectivity index (χ4n) is 2.47. The molecule has 3 rings (SSSR count). The van der Waals surface area contributed by atoms with Crippen molar-refractivity contribution in [3.63, 3.8) is 0 Å². The molecule has 3 aromatic rings. The van der Waals surface area contributed by atoms with E-state index < -0.39 is 23.2 Å². The highest BCUT2D eigenvalue weighted by atomic mass is 32.2. The topological polar surface area (TPSA) is 129 Å². The maximum Gasteiger partial charge on any atom is 0.264 e. The Kier molecular flexibility index (Phi) is 7.44. The van der Waals surface area contributed by atoms with Gasteiger partial charge in [-0.1, -0.05) is 17.8 Å². The average Bonchev–Trinajstić information content (AvgIpc) is 3.14. The Morgan fingerprint density at radius 1 is 1.19 bits per heavy atom. The van der Waals surface area contributed by atoms with E-state index in [9.17, 15) is 13.6 Å². The lowest BCUT2D eigenvalue weighted by Gasteiger charge is -2.07. The molecule has 0 atom stereocenters. The minimum Gasteiger partial charge on any atom is -0.493 e. The number of nitrogens with two attached hydrogens (primary N) is 1. The van der Waals surface area contributed by atoms with E-state index in [0.717, 1.165) is 34.1 Å². The minimum atomic E-state index is -0.871. The molecule has 1 aromatic heterocycles. The number of halogens is 2. The highest BCUT2D eigenvalue weighted by Gasteiger charge is 2.15. The van der Waals surface area contributed by atoms with Gasteiger partial charge in [0.15, 0.2) is 11.5 Å². The van der Waals surface area contributed by atoms with Crippen molar-refractivity contribution in [2.75, 3.05) is 36.6 Å². The zero-order valence-corrected chi connectivity index (χ0v) is 17.8. The van der Waals surface area contributed by atoms with Crippen LogP contribution in [0, 0.1) is 11.6 Å². The molecule has 32 heavy (non-hydrogen) atoms. The van der Waals surface area contributed by atoms with Crippen LogP contribution in [0.4, 0.5) is 20.4 Å². The molecule has 13 heteroatoms. The van der Waals surface area contributed by atoms with Gasteiger partial charge in [0.05, 0.1) is 26.2 Å². The molecule has 1 amide bonds. The number of thioether (sulfide) groups is 1.